The molecule has 0 aliphatic carbocycles. The fourth-order valence-corrected chi connectivity index (χ4v) is 2.37. The summed E-state index contributed by atoms with van der Waals surface area (Å²) in [5.74, 6) is 0.906. The van der Waals surface area contributed by atoms with Crippen molar-refractivity contribution in [1.29, 1.82) is 0 Å². The molecule has 4 nitrogen and oxygen atoms in total. The molecule has 0 saturated carbocycles. The molecule has 1 heterocycles. The van der Waals surface area contributed by atoms with E-state index in [2.05, 4.69) is 22.3 Å². The Bertz CT molecular complexity index is 347. The third-order valence-electron chi connectivity index (χ3n) is 3.38. The van der Waals surface area contributed by atoms with Crippen molar-refractivity contribution < 1.29 is 9.47 Å². The summed E-state index contributed by atoms with van der Waals surface area (Å²) in [4.78, 5) is 2.47. The lowest BCUT2D eigenvalue weighted by Crippen LogP contribution is -2.42. The standard InChI is InChI=1S/C14H22N2O2/c1-15-11-14(16-7-9-18-10-8-16)12-3-5-13(17-2)6-4-12/h3-6,14-15H,7-11H2,1-2H3/t14-/m0/s1. The summed E-state index contributed by atoms with van der Waals surface area (Å²) in [6.07, 6.45) is 0. The lowest BCUT2D eigenvalue weighted by Gasteiger charge is -2.34. The van der Waals surface area contributed by atoms with Gasteiger partial charge in [-0.25, -0.2) is 0 Å². The minimum Gasteiger partial charge on any atom is -0.497 e. The highest BCUT2D eigenvalue weighted by atomic mass is 16.5. The van der Waals surface area contributed by atoms with Crippen LogP contribution in [0.15, 0.2) is 24.3 Å². The summed E-state index contributed by atoms with van der Waals surface area (Å²) in [6.45, 7) is 4.61. The van der Waals surface area contributed by atoms with E-state index in [1.165, 1.54) is 5.56 Å². The number of ether oxygens (including phenoxy) is 2. The van der Waals surface area contributed by atoms with Crippen LogP contribution in [0, 0.1) is 0 Å². The van der Waals surface area contributed by atoms with Crippen LogP contribution in [0.3, 0.4) is 0 Å². The number of morpholine rings is 1. The Labute approximate surface area is 109 Å². The van der Waals surface area contributed by atoms with Crippen LogP contribution in [0.2, 0.25) is 0 Å². The van der Waals surface area contributed by atoms with Crippen molar-refractivity contribution in [2.24, 2.45) is 0 Å². The Kier molecular flexibility index (Phi) is 4.99. The number of nitrogens with one attached hydrogen (secondary N) is 1. The minimum absolute atomic E-state index is 0.407. The van der Waals surface area contributed by atoms with Crippen LogP contribution in [0.1, 0.15) is 11.6 Å². The minimum atomic E-state index is 0.407. The maximum absolute atomic E-state index is 5.42. The summed E-state index contributed by atoms with van der Waals surface area (Å²) in [7, 11) is 3.69. The number of methoxy groups -OCH3 is 1. The summed E-state index contributed by atoms with van der Waals surface area (Å²) in [5.41, 5.74) is 1.33. The van der Waals surface area contributed by atoms with Gasteiger partial charge in [-0.1, -0.05) is 12.1 Å². The first kappa shape index (κ1) is 13.3. The second-order valence-corrected chi connectivity index (χ2v) is 4.49. The lowest BCUT2D eigenvalue weighted by atomic mass is 10.0. The molecule has 100 valence electrons. The van der Waals surface area contributed by atoms with Gasteiger partial charge in [0.15, 0.2) is 0 Å². The topological polar surface area (TPSA) is 33.7 Å². The molecule has 0 radical (unpaired) electrons. The highest BCUT2D eigenvalue weighted by Gasteiger charge is 2.21. The highest BCUT2D eigenvalue weighted by Crippen LogP contribution is 2.23. The van der Waals surface area contributed by atoms with Crippen molar-refractivity contribution in [3.63, 3.8) is 0 Å². The third kappa shape index (κ3) is 3.22. The fourth-order valence-electron chi connectivity index (χ4n) is 2.37. The van der Waals surface area contributed by atoms with Gasteiger partial charge in [0, 0.05) is 25.7 Å². The number of rotatable bonds is 5. The number of likely N-dealkylation sites (N-methyl/N-ethyl adjacent to an activating group) is 1. The first-order valence-electron chi connectivity index (χ1n) is 6.45. The van der Waals surface area contributed by atoms with Crippen molar-refractivity contribution in [3.05, 3.63) is 29.8 Å². The molecule has 0 amide bonds. The van der Waals surface area contributed by atoms with E-state index in [0.29, 0.717) is 6.04 Å². The molecule has 1 saturated heterocycles. The SMILES string of the molecule is CNC[C@@H](c1ccc(OC)cc1)N1CCOCC1. The quantitative estimate of drug-likeness (QED) is 0.854. The van der Waals surface area contributed by atoms with Crippen LogP contribution in [-0.2, 0) is 4.74 Å². The Morgan fingerprint density at radius 2 is 1.94 bits per heavy atom. The zero-order chi connectivity index (χ0) is 12.8. The molecule has 1 aromatic carbocycles. The number of nitrogens with zero attached hydrogens (tertiary/aromatic N) is 1. The monoisotopic (exact) mass is 250 g/mol. The molecule has 0 unspecified atom stereocenters. The molecule has 0 bridgehead atoms. The van der Waals surface area contributed by atoms with E-state index in [4.69, 9.17) is 9.47 Å². The van der Waals surface area contributed by atoms with Crippen molar-refractivity contribution >= 4 is 0 Å². The maximum Gasteiger partial charge on any atom is 0.118 e. The van der Waals surface area contributed by atoms with Crippen LogP contribution in [-0.4, -0.2) is 51.9 Å². The van der Waals surface area contributed by atoms with Crippen molar-refractivity contribution in [2.45, 2.75) is 6.04 Å². The Morgan fingerprint density at radius 3 is 2.50 bits per heavy atom. The average Bonchev–Trinajstić information content (AvgIpc) is 2.46. The van der Waals surface area contributed by atoms with Crippen LogP contribution < -0.4 is 10.1 Å². The summed E-state index contributed by atoms with van der Waals surface area (Å²) >= 11 is 0. The summed E-state index contributed by atoms with van der Waals surface area (Å²) < 4.78 is 10.6. The maximum atomic E-state index is 5.42. The van der Waals surface area contributed by atoms with Gasteiger partial charge in [0.1, 0.15) is 5.75 Å². The molecule has 0 aromatic heterocycles. The summed E-state index contributed by atoms with van der Waals surface area (Å²) in [6, 6.07) is 8.76. The van der Waals surface area contributed by atoms with Crippen LogP contribution in [0.5, 0.6) is 5.75 Å². The van der Waals surface area contributed by atoms with E-state index in [9.17, 15) is 0 Å². The molecular formula is C14H22N2O2. The third-order valence-corrected chi connectivity index (χ3v) is 3.38. The molecule has 18 heavy (non-hydrogen) atoms. The van der Waals surface area contributed by atoms with E-state index in [1.54, 1.807) is 7.11 Å². The van der Waals surface area contributed by atoms with E-state index in [-0.39, 0.29) is 0 Å². The van der Waals surface area contributed by atoms with Gasteiger partial charge >= 0.3 is 0 Å². The van der Waals surface area contributed by atoms with Crippen molar-refractivity contribution in [2.75, 3.05) is 47.0 Å². The van der Waals surface area contributed by atoms with Crippen LogP contribution >= 0.6 is 0 Å². The average molecular weight is 250 g/mol. The molecule has 1 N–H and O–H groups in total. The highest BCUT2D eigenvalue weighted by molar-refractivity contribution is 5.29. The Balaban J connectivity index is 2.11. The molecule has 2 rings (SSSR count). The lowest BCUT2D eigenvalue weighted by molar-refractivity contribution is 0.0165. The van der Waals surface area contributed by atoms with Gasteiger partial charge in [-0.15, -0.1) is 0 Å². The molecule has 1 atom stereocenters. The predicted molar refractivity (Wildman–Crippen MR) is 72.1 cm³/mol. The number of hydrogen-bond acceptors (Lipinski definition) is 4. The summed E-state index contributed by atoms with van der Waals surface area (Å²) in [5, 5.41) is 3.28. The molecule has 0 spiro atoms. The smallest absolute Gasteiger partial charge is 0.118 e. The van der Waals surface area contributed by atoms with Crippen molar-refractivity contribution in [1.82, 2.24) is 10.2 Å². The van der Waals surface area contributed by atoms with E-state index in [1.807, 2.05) is 19.2 Å². The first-order chi connectivity index (χ1) is 8.85. The number of benzene rings is 1. The normalized spacial score (nSPS) is 18.6. The van der Waals surface area contributed by atoms with E-state index >= 15 is 0 Å². The zero-order valence-corrected chi connectivity index (χ0v) is 11.2. The van der Waals surface area contributed by atoms with Gasteiger partial charge in [0.05, 0.1) is 20.3 Å². The molecule has 1 aliphatic rings. The molecular weight excluding hydrogens is 228 g/mol. The second kappa shape index (κ2) is 6.73. The van der Waals surface area contributed by atoms with Gasteiger partial charge in [0.25, 0.3) is 0 Å². The molecule has 1 fully saturated rings. The largest absolute Gasteiger partial charge is 0.497 e. The van der Waals surface area contributed by atoms with Crippen LogP contribution in [0.25, 0.3) is 0 Å². The van der Waals surface area contributed by atoms with Crippen LogP contribution in [0.4, 0.5) is 0 Å². The van der Waals surface area contributed by atoms with Gasteiger partial charge < -0.3 is 14.8 Å². The zero-order valence-electron chi connectivity index (χ0n) is 11.2. The Hall–Kier alpha value is -1.10. The second-order valence-electron chi connectivity index (χ2n) is 4.49. The predicted octanol–water partition coefficient (Wildman–Crippen LogP) is 1.29. The van der Waals surface area contributed by atoms with Gasteiger partial charge in [-0.2, -0.15) is 0 Å². The van der Waals surface area contributed by atoms with E-state index in [0.717, 1.165) is 38.6 Å². The van der Waals surface area contributed by atoms with Gasteiger partial charge in [-0.05, 0) is 24.7 Å². The van der Waals surface area contributed by atoms with Gasteiger partial charge in [0.2, 0.25) is 0 Å². The van der Waals surface area contributed by atoms with Gasteiger partial charge in [-0.3, -0.25) is 4.90 Å². The van der Waals surface area contributed by atoms with E-state index < -0.39 is 0 Å². The van der Waals surface area contributed by atoms with Crippen molar-refractivity contribution in [3.8, 4) is 5.75 Å². The molecule has 4 heteroatoms. The fraction of sp³-hybridized carbons (Fsp3) is 0.571. The first-order valence-corrected chi connectivity index (χ1v) is 6.45. The molecule has 1 aliphatic heterocycles. The molecule has 1 aromatic rings. The number of hydrogen-bond donors (Lipinski definition) is 1. The Morgan fingerprint density at radius 1 is 1.28 bits per heavy atom.